The molecule has 0 aliphatic rings. The fraction of sp³-hybridized carbons (Fsp3) is 0.0526. The SMILES string of the molecule is O=S(=O)([O-])C(F)(F)F.O=S(=O)([O-])C(F)(F)F.[Co+2].c1cnc2c(c1)ccc1ncccc12.c1cnc2c(c1)ccc1ncccc12.c1cnc2c(c1)ccc1ncccc12. The number of halogens is 6. The van der Waals surface area contributed by atoms with Crippen molar-refractivity contribution in [3.63, 3.8) is 0 Å². The van der Waals surface area contributed by atoms with E-state index in [1.54, 1.807) is 18.6 Å². The number of nitrogens with zero attached hydrogens (tertiary/aromatic N) is 6. The molecule has 0 bridgehead atoms. The maximum absolute atomic E-state index is 10.7. The van der Waals surface area contributed by atoms with Gasteiger partial charge in [0.2, 0.25) is 0 Å². The zero-order valence-corrected chi connectivity index (χ0v) is 32.1. The van der Waals surface area contributed by atoms with Crippen LogP contribution in [0.2, 0.25) is 0 Å². The molecule has 6 aromatic heterocycles. The molecule has 0 unspecified atom stereocenters. The van der Waals surface area contributed by atoms with Crippen molar-refractivity contribution < 1.29 is 69.1 Å². The van der Waals surface area contributed by atoms with Crippen molar-refractivity contribution in [3.05, 3.63) is 146 Å². The van der Waals surface area contributed by atoms with Gasteiger partial charge in [-0.15, -0.1) is 0 Å². The average molecular weight is 898 g/mol. The number of hydrogen-bond acceptors (Lipinski definition) is 12. The Morgan fingerprint density at radius 1 is 0.373 bits per heavy atom. The van der Waals surface area contributed by atoms with Gasteiger partial charge in [-0.05, 0) is 72.8 Å². The number of aromatic nitrogens is 6. The molecule has 59 heavy (non-hydrogen) atoms. The van der Waals surface area contributed by atoms with E-state index in [0.717, 1.165) is 65.4 Å². The third-order valence-electron chi connectivity index (χ3n) is 7.63. The topological polar surface area (TPSA) is 192 Å². The molecule has 1 radical (unpaired) electrons. The van der Waals surface area contributed by atoms with Gasteiger partial charge in [-0.3, -0.25) is 29.9 Å². The Kier molecular flexibility index (Phi) is 14.9. The molecule has 0 atom stereocenters. The molecule has 6 heterocycles. The summed E-state index contributed by atoms with van der Waals surface area (Å²) in [5.74, 6) is 0. The quantitative estimate of drug-likeness (QED) is 0.0612. The minimum absolute atomic E-state index is 0. The van der Waals surface area contributed by atoms with Crippen molar-refractivity contribution in [2.45, 2.75) is 11.0 Å². The van der Waals surface area contributed by atoms with Gasteiger partial charge in [0.15, 0.2) is 20.2 Å². The molecule has 9 aromatic rings. The second-order valence-corrected chi connectivity index (χ2v) is 14.2. The Morgan fingerprint density at radius 2 is 0.593 bits per heavy atom. The van der Waals surface area contributed by atoms with E-state index in [4.69, 9.17) is 25.9 Å². The normalized spacial score (nSPS) is 11.5. The summed E-state index contributed by atoms with van der Waals surface area (Å²) in [4.78, 5) is 26.0. The first-order valence-electron chi connectivity index (χ1n) is 16.1. The Hall–Kier alpha value is -5.97. The summed E-state index contributed by atoms with van der Waals surface area (Å²) in [7, 11) is -12.2. The second-order valence-electron chi connectivity index (χ2n) is 11.4. The Bertz CT molecular complexity index is 2620. The molecule has 305 valence electrons. The summed E-state index contributed by atoms with van der Waals surface area (Å²) in [5, 5.41) is 6.83. The molecule has 0 fully saturated rings. The van der Waals surface area contributed by atoms with Gasteiger partial charge in [0.1, 0.15) is 0 Å². The summed E-state index contributed by atoms with van der Waals surface area (Å²) in [6, 6.07) is 36.3. The number of alkyl halides is 6. The Balaban J connectivity index is 0.000000166. The van der Waals surface area contributed by atoms with Crippen LogP contribution >= 0.6 is 0 Å². The molecule has 0 amide bonds. The Labute approximate surface area is 340 Å². The van der Waals surface area contributed by atoms with Gasteiger partial charge in [-0.25, -0.2) is 16.8 Å². The first-order chi connectivity index (χ1) is 27.3. The van der Waals surface area contributed by atoms with Gasteiger partial charge in [0.05, 0.1) is 33.1 Å². The molecule has 21 heteroatoms. The molecule has 0 spiro atoms. The third-order valence-corrected chi connectivity index (χ3v) is 8.76. The zero-order chi connectivity index (χ0) is 42.1. The predicted molar refractivity (Wildman–Crippen MR) is 203 cm³/mol. The monoisotopic (exact) mass is 897 g/mol. The molecular formula is C38H24CoF6N6O6S2. The van der Waals surface area contributed by atoms with Gasteiger partial charge in [0, 0.05) is 69.5 Å². The van der Waals surface area contributed by atoms with Crippen LogP contribution in [0.5, 0.6) is 0 Å². The largest absolute Gasteiger partial charge is 2.00 e. The van der Waals surface area contributed by atoms with Crippen LogP contribution in [-0.2, 0) is 37.0 Å². The smallest absolute Gasteiger partial charge is 0.741 e. The van der Waals surface area contributed by atoms with Gasteiger partial charge >= 0.3 is 27.8 Å². The number of fused-ring (bicyclic) bond motifs is 9. The Morgan fingerprint density at radius 3 is 0.831 bits per heavy atom. The van der Waals surface area contributed by atoms with Crippen LogP contribution in [0.3, 0.4) is 0 Å². The van der Waals surface area contributed by atoms with E-state index in [1.807, 2.05) is 73.2 Å². The third kappa shape index (κ3) is 11.8. The van der Waals surface area contributed by atoms with Gasteiger partial charge in [-0.2, -0.15) is 26.3 Å². The van der Waals surface area contributed by atoms with Gasteiger partial charge < -0.3 is 9.11 Å². The van der Waals surface area contributed by atoms with Gasteiger partial charge in [-0.1, -0.05) is 36.4 Å². The summed E-state index contributed by atoms with van der Waals surface area (Å²) in [6.07, 6.45) is 10.9. The zero-order valence-electron chi connectivity index (χ0n) is 29.4. The summed E-state index contributed by atoms with van der Waals surface area (Å²) < 4.78 is 118. The van der Waals surface area contributed by atoms with Crippen LogP contribution < -0.4 is 0 Å². The van der Waals surface area contributed by atoms with Crippen LogP contribution in [0.4, 0.5) is 26.3 Å². The predicted octanol–water partition coefficient (Wildman–Crippen LogP) is 8.45. The number of rotatable bonds is 0. The van der Waals surface area contributed by atoms with E-state index in [-0.39, 0.29) is 16.8 Å². The van der Waals surface area contributed by atoms with E-state index >= 15 is 0 Å². The van der Waals surface area contributed by atoms with Crippen LogP contribution in [0.1, 0.15) is 0 Å². The van der Waals surface area contributed by atoms with Crippen LogP contribution in [0, 0.1) is 0 Å². The first-order valence-corrected chi connectivity index (χ1v) is 19.0. The van der Waals surface area contributed by atoms with Crippen molar-refractivity contribution in [3.8, 4) is 0 Å². The number of benzene rings is 3. The standard InChI is InChI=1S/3C12H8N2.2CHF3O3S.Co/c3*1-3-9-5-6-11-10(4-2-7-13-11)12(9)14-8-1;2*2-1(3,4)8(5,6)7;/h3*1-8H;2*(H,5,6,7);/q;;;;;+2/p-2. The molecule has 3 aromatic carbocycles. The van der Waals surface area contributed by atoms with Crippen molar-refractivity contribution in [2.75, 3.05) is 0 Å². The van der Waals surface area contributed by atoms with E-state index in [2.05, 4.69) is 84.5 Å². The van der Waals surface area contributed by atoms with Crippen molar-refractivity contribution in [2.24, 2.45) is 0 Å². The molecule has 0 saturated heterocycles. The van der Waals surface area contributed by atoms with Crippen LogP contribution in [-0.4, -0.2) is 66.9 Å². The molecule has 0 aliphatic carbocycles. The van der Waals surface area contributed by atoms with Gasteiger partial charge in [0.25, 0.3) is 0 Å². The molecule has 0 N–H and O–H groups in total. The second kappa shape index (κ2) is 19.2. The van der Waals surface area contributed by atoms with Crippen molar-refractivity contribution in [1.82, 2.24) is 29.9 Å². The van der Waals surface area contributed by atoms with E-state index in [9.17, 15) is 26.3 Å². The fourth-order valence-corrected chi connectivity index (χ4v) is 5.09. The van der Waals surface area contributed by atoms with Crippen molar-refractivity contribution >= 4 is 85.7 Å². The summed E-state index contributed by atoms with van der Waals surface area (Å²) >= 11 is 0. The molecular weight excluding hydrogens is 874 g/mol. The van der Waals surface area contributed by atoms with E-state index in [1.165, 1.54) is 0 Å². The molecule has 9 rings (SSSR count). The first kappa shape index (κ1) is 45.7. The summed E-state index contributed by atoms with van der Waals surface area (Å²) in [5.41, 5.74) is -5.22. The number of hydrogen-bond donors (Lipinski definition) is 0. The average Bonchev–Trinajstić information content (AvgIpc) is 3.20. The maximum Gasteiger partial charge on any atom is 2.00 e. The molecule has 0 aliphatic heterocycles. The van der Waals surface area contributed by atoms with Crippen LogP contribution in [0.15, 0.2) is 146 Å². The van der Waals surface area contributed by atoms with Crippen molar-refractivity contribution in [1.29, 1.82) is 0 Å². The maximum atomic E-state index is 10.7. The van der Waals surface area contributed by atoms with Crippen LogP contribution in [0.25, 0.3) is 65.4 Å². The van der Waals surface area contributed by atoms with E-state index < -0.39 is 31.3 Å². The molecule has 12 nitrogen and oxygen atoms in total. The molecule has 0 saturated carbocycles. The van der Waals surface area contributed by atoms with E-state index in [0.29, 0.717) is 0 Å². The number of pyridine rings is 6. The minimum atomic E-state index is -6.09. The fourth-order valence-electron chi connectivity index (χ4n) is 5.09. The minimum Gasteiger partial charge on any atom is -0.741 e. The summed E-state index contributed by atoms with van der Waals surface area (Å²) in [6.45, 7) is 0.